The number of rotatable bonds is 5. The van der Waals surface area contributed by atoms with Gasteiger partial charge in [0.05, 0.1) is 0 Å². The Kier molecular flexibility index (Phi) is 3.87. The summed E-state index contributed by atoms with van der Waals surface area (Å²) in [5, 5.41) is 0. The lowest BCUT2D eigenvalue weighted by Crippen LogP contribution is -2.26. The van der Waals surface area contributed by atoms with Crippen LogP contribution in [-0.4, -0.2) is 5.78 Å². The largest absolute Gasteiger partial charge is 0.446 e. The minimum atomic E-state index is 0.0865. The molecule has 2 atom stereocenters. The quantitative estimate of drug-likeness (QED) is 0.587. The molecule has 0 spiro atoms. The standard InChI is InChI=1S/C14H17BrO2/c1-3-10-8-11(9(10)2)4-5-12(16)13-6-7-14(15)17-13/h6-7,10-11H,2-5,8H2,1H3. The molecule has 0 N–H and O–H groups in total. The number of halogens is 1. The highest BCUT2D eigenvalue weighted by atomic mass is 79.9. The summed E-state index contributed by atoms with van der Waals surface area (Å²) < 4.78 is 5.85. The van der Waals surface area contributed by atoms with E-state index in [1.807, 2.05) is 0 Å². The predicted molar refractivity (Wildman–Crippen MR) is 71.0 cm³/mol. The molecule has 1 saturated carbocycles. The van der Waals surface area contributed by atoms with Crippen LogP contribution >= 0.6 is 15.9 Å². The molecule has 2 unspecified atom stereocenters. The average molecular weight is 297 g/mol. The molecule has 0 bridgehead atoms. The second kappa shape index (κ2) is 5.21. The molecule has 0 aromatic carbocycles. The van der Waals surface area contributed by atoms with Crippen molar-refractivity contribution in [2.24, 2.45) is 11.8 Å². The van der Waals surface area contributed by atoms with Crippen LogP contribution in [0.4, 0.5) is 0 Å². The highest BCUT2D eigenvalue weighted by Gasteiger charge is 2.32. The van der Waals surface area contributed by atoms with E-state index in [4.69, 9.17) is 4.42 Å². The minimum Gasteiger partial charge on any atom is -0.446 e. The molecule has 0 saturated heterocycles. The Hall–Kier alpha value is -0.830. The Balaban J connectivity index is 1.80. The first-order valence-corrected chi connectivity index (χ1v) is 6.88. The number of hydrogen-bond donors (Lipinski definition) is 0. The summed E-state index contributed by atoms with van der Waals surface area (Å²) in [6.07, 6.45) is 3.84. The van der Waals surface area contributed by atoms with Gasteiger partial charge in [-0.1, -0.05) is 19.1 Å². The van der Waals surface area contributed by atoms with Gasteiger partial charge in [-0.3, -0.25) is 4.79 Å². The molecule has 1 aromatic heterocycles. The molecular formula is C14H17BrO2. The lowest BCUT2D eigenvalue weighted by Gasteiger charge is -2.38. The number of carbonyl (C=O) groups is 1. The zero-order valence-corrected chi connectivity index (χ0v) is 11.6. The van der Waals surface area contributed by atoms with Crippen molar-refractivity contribution in [2.75, 3.05) is 0 Å². The minimum absolute atomic E-state index is 0.0865. The first kappa shape index (κ1) is 12.6. The number of furan rings is 1. The molecule has 92 valence electrons. The number of carbonyl (C=O) groups excluding carboxylic acids is 1. The Morgan fingerprint density at radius 1 is 1.53 bits per heavy atom. The fraction of sp³-hybridized carbons (Fsp3) is 0.500. The molecule has 2 rings (SSSR count). The van der Waals surface area contributed by atoms with Crippen molar-refractivity contribution >= 4 is 21.7 Å². The van der Waals surface area contributed by atoms with Gasteiger partial charge < -0.3 is 4.42 Å². The van der Waals surface area contributed by atoms with Gasteiger partial charge in [0.2, 0.25) is 0 Å². The Bertz CT molecular complexity index is 433. The van der Waals surface area contributed by atoms with Gasteiger partial charge in [0, 0.05) is 6.42 Å². The van der Waals surface area contributed by atoms with Gasteiger partial charge in [-0.05, 0) is 59.2 Å². The summed E-state index contributed by atoms with van der Waals surface area (Å²) in [5.41, 5.74) is 1.33. The van der Waals surface area contributed by atoms with Gasteiger partial charge in [-0.2, -0.15) is 0 Å². The van der Waals surface area contributed by atoms with E-state index in [-0.39, 0.29) is 5.78 Å². The summed E-state index contributed by atoms with van der Waals surface area (Å²) in [4.78, 5) is 11.8. The number of Topliss-reactive ketones (excluding diaryl/α,β-unsaturated/α-hetero) is 1. The monoisotopic (exact) mass is 296 g/mol. The molecule has 1 aliphatic carbocycles. The van der Waals surface area contributed by atoms with Crippen LogP contribution in [0.3, 0.4) is 0 Å². The fourth-order valence-electron chi connectivity index (χ4n) is 2.44. The maximum absolute atomic E-state index is 11.8. The maximum Gasteiger partial charge on any atom is 0.198 e. The maximum atomic E-state index is 11.8. The zero-order chi connectivity index (χ0) is 12.4. The van der Waals surface area contributed by atoms with E-state index in [2.05, 4.69) is 29.4 Å². The lowest BCUT2D eigenvalue weighted by atomic mass is 9.67. The summed E-state index contributed by atoms with van der Waals surface area (Å²) >= 11 is 3.20. The number of ketones is 1. The van der Waals surface area contributed by atoms with Crippen LogP contribution in [0.5, 0.6) is 0 Å². The Labute approximate surface area is 110 Å². The number of hydrogen-bond acceptors (Lipinski definition) is 2. The van der Waals surface area contributed by atoms with Crippen LogP contribution in [0.1, 0.15) is 43.2 Å². The van der Waals surface area contributed by atoms with Crippen LogP contribution < -0.4 is 0 Å². The van der Waals surface area contributed by atoms with Gasteiger partial charge >= 0.3 is 0 Å². The molecule has 1 heterocycles. The van der Waals surface area contributed by atoms with E-state index < -0.39 is 0 Å². The van der Waals surface area contributed by atoms with Gasteiger partial charge in [0.1, 0.15) is 0 Å². The first-order chi connectivity index (χ1) is 8.11. The third kappa shape index (κ3) is 2.71. The van der Waals surface area contributed by atoms with Gasteiger partial charge in [0.25, 0.3) is 0 Å². The van der Waals surface area contributed by atoms with Gasteiger partial charge in [-0.15, -0.1) is 0 Å². The molecule has 0 radical (unpaired) electrons. The van der Waals surface area contributed by atoms with E-state index in [1.165, 1.54) is 18.4 Å². The molecule has 1 fully saturated rings. The average Bonchev–Trinajstić information content (AvgIpc) is 2.74. The molecule has 3 heteroatoms. The van der Waals surface area contributed by atoms with Crippen LogP contribution in [0.15, 0.2) is 33.4 Å². The second-order valence-corrected chi connectivity index (χ2v) is 5.46. The summed E-state index contributed by atoms with van der Waals surface area (Å²) in [7, 11) is 0. The van der Waals surface area contributed by atoms with Gasteiger partial charge in [0.15, 0.2) is 16.2 Å². The van der Waals surface area contributed by atoms with Crippen LogP contribution in [0.2, 0.25) is 0 Å². The lowest BCUT2D eigenvalue weighted by molar-refractivity contribution is 0.0940. The SMILES string of the molecule is C=C1C(CC)CC1CCC(=O)c1ccc(Br)o1. The van der Waals surface area contributed by atoms with Crippen molar-refractivity contribution in [3.8, 4) is 0 Å². The highest BCUT2D eigenvalue weighted by Crippen LogP contribution is 2.43. The van der Waals surface area contributed by atoms with E-state index >= 15 is 0 Å². The zero-order valence-electron chi connectivity index (χ0n) is 10.0. The predicted octanol–water partition coefficient (Wildman–Crippen LogP) is 4.61. The summed E-state index contributed by atoms with van der Waals surface area (Å²) in [5.74, 6) is 1.77. The van der Waals surface area contributed by atoms with E-state index in [1.54, 1.807) is 12.1 Å². The van der Waals surface area contributed by atoms with Crippen LogP contribution in [0, 0.1) is 11.8 Å². The molecule has 0 amide bonds. The van der Waals surface area contributed by atoms with Crippen molar-refractivity contribution in [3.63, 3.8) is 0 Å². The number of allylic oxidation sites excluding steroid dienone is 1. The van der Waals surface area contributed by atoms with Crippen molar-refractivity contribution in [1.82, 2.24) is 0 Å². The third-order valence-electron chi connectivity index (χ3n) is 3.68. The molecule has 17 heavy (non-hydrogen) atoms. The van der Waals surface area contributed by atoms with E-state index in [9.17, 15) is 4.79 Å². The molecule has 1 aromatic rings. The highest BCUT2D eigenvalue weighted by molar-refractivity contribution is 9.10. The first-order valence-electron chi connectivity index (χ1n) is 6.09. The van der Waals surface area contributed by atoms with E-state index in [0.717, 1.165) is 6.42 Å². The third-order valence-corrected chi connectivity index (χ3v) is 4.10. The summed E-state index contributed by atoms with van der Waals surface area (Å²) in [6.45, 7) is 6.30. The second-order valence-electron chi connectivity index (χ2n) is 4.68. The molecule has 1 aliphatic rings. The summed E-state index contributed by atoms with van der Waals surface area (Å²) in [6, 6.07) is 3.47. The van der Waals surface area contributed by atoms with Crippen molar-refractivity contribution < 1.29 is 9.21 Å². The van der Waals surface area contributed by atoms with Crippen molar-refractivity contribution in [2.45, 2.75) is 32.6 Å². The van der Waals surface area contributed by atoms with Gasteiger partial charge in [-0.25, -0.2) is 0 Å². The molecule has 0 aliphatic heterocycles. The van der Waals surface area contributed by atoms with Crippen molar-refractivity contribution in [3.05, 3.63) is 34.7 Å². The Morgan fingerprint density at radius 2 is 2.29 bits per heavy atom. The van der Waals surface area contributed by atoms with Crippen molar-refractivity contribution in [1.29, 1.82) is 0 Å². The normalized spacial score (nSPS) is 23.5. The topological polar surface area (TPSA) is 30.2 Å². The van der Waals surface area contributed by atoms with Crippen LogP contribution in [-0.2, 0) is 0 Å². The smallest absolute Gasteiger partial charge is 0.198 e. The van der Waals surface area contributed by atoms with Crippen LogP contribution in [0.25, 0.3) is 0 Å². The van der Waals surface area contributed by atoms with E-state index in [0.29, 0.717) is 28.7 Å². The fourth-order valence-corrected chi connectivity index (χ4v) is 2.75. The Morgan fingerprint density at radius 3 is 2.82 bits per heavy atom. The molecular weight excluding hydrogens is 280 g/mol. The molecule has 2 nitrogen and oxygen atoms in total.